The van der Waals surface area contributed by atoms with Crippen molar-refractivity contribution < 1.29 is 4.79 Å². The van der Waals surface area contributed by atoms with Gasteiger partial charge in [-0.15, -0.1) is 12.6 Å². The van der Waals surface area contributed by atoms with Crippen LogP contribution in [0.2, 0.25) is 0 Å². The summed E-state index contributed by atoms with van der Waals surface area (Å²) in [6, 6.07) is 0. The monoisotopic (exact) mass is 170 g/mol. The van der Waals surface area contributed by atoms with E-state index in [2.05, 4.69) is 25.6 Å². The minimum Gasteiger partial charge on any atom is -0.287 e. The third-order valence-electron chi connectivity index (χ3n) is 2.26. The number of rotatable bonds is 2. The summed E-state index contributed by atoms with van der Waals surface area (Å²) < 4.78 is 0. The van der Waals surface area contributed by atoms with Gasteiger partial charge in [-0.3, -0.25) is 4.79 Å². The first-order valence-corrected chi connectivity index (χ1v) is 4.59. The minimum absolute atomic E-state index is 0.0593. The van der Waals surface area contributed by atoms with Gasteiger partial charge in [0, 0.05) is 5.92 Å². The SMILES string of the molecule is CCC1=CCCC(C(=O)S)C1. The van der Waals surface area contributed by atoms with Gasteiger partial charge >= 0.3 is 0 Å². The third-order valence-corrected chi connectivity index (χ3v) is 2.63. The van der Waals surface area contributed by atoms with Crippen molar-refractivity contribution in [3.63, 3.8) is 0 Å². The summed E-state index contributed by atoms with van der Waals surface area (Å²) >= 11 is 3.85. The third kappa shape index (κ3) is 2.37. The molecule has 0 heterocycles. The maximum atomic E-state index is 10.9. The Morgan fingerprint density at radius 3 is 3.09 bits per heavy atom. The Kier molecular flexibility index (Phi) is 3.18. The number of carbonyl (C=O) groups excluding carboxylic acids is 1. The Bertz CT molecular complexity index is 184. The molecule has 1 atom stereocenters. The minimum atomic E-state index is 0.0593. The topological polar surface area (TPSA) is 17.1 Å². The summed E-state index contributed by atoms with van der Waals surface area (Å²) in [6.07, 6.45) is 6.33. The molecule has 1 rings (SSSR count). The van der Waals surface area contributed by atoms with Gasteiger partial charge in [-0.1, -0.05) is 18.6 Å². The summed E-state index contributed by atoms with van der Waals surface area (Å²) in [5.74, 6) is 0.193. The van der Waals surface area contributed by atoms with Crippen LogP contribution in [0.25, 0.3) is 0 Å². The van der Waals surface area contributed by atoms with Gasteiger partial charge in [0.05, 0.1) is 0 Å². The van der Waals surface area contributed by atoms with Crippen molar-refractivity contribution in [3.8, 4) is 0 Å². The molecule has 11 heavy (non-hydrogen) atoms. The van der Waals surface area contributed by atoms with Gasteiger partial charge in [0.1, 0.15) is 0 Å². The van der Waals surface area contributed by atoms with E-state index >= 15 is 0 Å². The molecule has 0 saturated carbocycles. The first-order valence-electron chi connectivity index (χ1n) is 4.14. The van der Waals surface area contributed by atoms with E-state index in [1.54, 1.807) is 0 Å². The van der Waals surface area contributed by atoms with Gasteiger partial charge in [-0.05, 0) is 25.7 Å². The van der Waals surface area contributed by atoms with Crippen LogP contribution < -0.4 is 0 Å². The molecule has 1 aliphatic carbocycles. The molecule has 62 valence electrons. The molecule has 2 heteroatoms. The van der Waals surface area contributed by atoms with Crippen LogP contribution in [0.3, 0.4) is 0 Å². The highest BCUT2D eigenvalue weighted by Gasteiger charge is 2.18. The number of hydrogen-bond acceptors (Lipinski definition) is 1. The second-order valence-corrected chi connectivity index (χ2v) is 3.47. The van der Waals surface area contributed by atoms with Crippen LogP contribution in [-0.2, 0) is 4.79 Å². The number of hydrogen-bond donors (Lipinski definition) is 1. The van der Waals surface area contributed by atoms with Crippen LogP contribution in [0.15, 0.2) is 11.6 Å². The van der Waals surface area contributed by atoms with Gasteiger partial charge in [0.2, 0.25) is 0 Å². The molecule has 1 unspecified atom stereocenters. The molecule has 0 spiro atoms. The average molecular weight is 170 g/mol. The molecule has 0 N–H and O–H groups in total. The molecule has 0 aromatic heterocycles. The van der Waals surface area contributed by atoms with E-state index in [0.717, 1.165) is 25.7 Å². The van der Waals surface area contributed by atoms with E-state index in [9.17, 15) is 4.79 Å². The fourth-order valence-corrected chi connectivity index (χ4v) is 1.71. The van der Waals surface area contributed by atoms with Gasteiger partial charge in [-0.25, -0.2) is 0 Å². The zero-order chi connectivity index (χ0) is 8.27. The van der Waals surface area contributed by atoms with E-state index in [0.29, 0.717) is 0 Å². The Morgan fingerprint density at radius 2 is 2.55 bits per heavy atom. The number of carbonyl (C=O) groups is 1. The molecule has 0 aromatic carbocycles. The summed E-state index contributed by atoms with van der Waals surface area (Å²) in [6.45, 7) is 2.14. The molecule has 0 aromatic rings. The number of thiol groups is 1. The van der Waals surface area contributed by atoms with E-state index in [4.69, 9.17) is 0 Å². The highest BCUT2D eigenvalue weighted by atomic mass is 32.1. The van der Waals surface area contributed by atoms with Crippen molar-refractivity contribution >= 4 is 17.7 Å². The Labute approximate surface area is 73.3 Å². The highest BCUT2D eigenvalue weighted by Crippen LogP contribution is 2.27. The second kappa shape index (κ2) is 3.96. The van der Waals surface area contributed by atoms with Crippen molar-refractivity contribution in [3.05, 3.63) is 11.6 Å². The number of allylic oxidation sites excluding steroid dienone is 2. The van der Waals surface area contributed by atoms with E-state index in [-0.39, 0.29) is 11.0 Å². The lowest BCUT2D eigenvalue weighted by Crippen LogP contribution is -2.12. The normalized spacial score (nSPS) is 24.5. The molecular formula is C9H14OS. The van der Waals surface area contributed by atoms with E-state index < -0.39 is 0 Å². The predicted octanol–water partition coefficient (Wildman–Crippen LogP) is 2.58. The van der Waals surface area contributed by atoms with E-state index in [1.807, 2.05) is 0 Å². The van der Waals surface area contributed by atoms with Gasteiger partial charge in [-0.2, -0.15) is 0 Å². The zero-order valence-electron chi connectivity index (χ0n) is 6.84. The molecule has 0 fully saturated rings. The molecule has 0 amide bonds. The van der Waals surface area contributed by atoms with Crippen LogP contribution in [0, 0.1) is 5.92 Å². The summed E-state index contributed by atoms with van der Waals surface area (Å²) in [4.78, 5) is 10.9. The maximum Gasteiger partial charge on any atom is 0.189 e. The summed E-state index contributed by atoms with van der Waals surface area (Å²) in [5.41, 5.74) is 1.42. The van der Waals surface area contributed by atoms with Crippen molar-refractivity contribution in [2.45, 2.75) is 32.6 Å². The Hall–Kier alpha value is -0.240. The molecule has 1 nitrogen and oxygen atoms in total. The Balaban J connectivity index is 2.53. The van der Waals surface area contributed by atoms with Crippen LogP contribution in [0.5, 0.6) is 0 Å². The lowest BCUT2D eigenvalue weighted by molar-refractivity contribution is -0.114. The zero-order valence-corrected chi connectivity index (χ0v) is 7.73. The standard InChI is InChI=1S/C9H14OS/c1-2-7-4-3-5-8(6-7)9(10)11/h4,8H,2-3,5-6H2,1H3,(H,10,11). The molecule has 0 aliphatic heterocycles. The maximum absolute atomic E-state index is 10.9. The van der Waals surface area contributed by atoms with Crippen LogP contribution in [-0.4, -0.2) is 5.12 Å². The summed E-state index contributed by atoms with van der Waals surface area (Å²) in [7, 11) is 0. The first kappa shape index (κ1) is 8.85. The van der Waals surface area contributed by atoms with Crippen molar-refractivity contribution in [2.75, 3.05) is 0 Å². The van der Waals surface area contributed by atoms with Crippen LogP contribution >= 0.6 is 12.6 Å². The second-order valence-electron chi connectivity index (χ2n) is 3.03. The largest absolute Gasteiger partial charge is 0.287 e. The van der Waals surface area contributed by atoms with Crippen molar-refractivity contribution in [1.29, 1.82) is 0 Å². The molecule has 0 radical (unpaired) electrons. The van der Waals surface area contributed by atoms with Crippen LogP contribution in [0.4, 0.5) is 0 Å². The predicted molar refractivity (Wildman–Crippen MR) is 49.7 cm³/mol. The average Bonchev–Trinajstić information content (AvgIpc) is 2.05. The molecule has 0 bridgehead atoms. The van der Waals surface area contributed by atoms with E-state index in [1.165, 1.54) is 5.57 Å². The highest BCUT2D eigenvalue weighted by molar-refractivity contribution is 7.96. The van der Waals surface area contributed by atoms with Gasteiger partial charge < -0.3 is 0 Å². The van der Waals surface area contributed by atoms with Crippen LogP contribution in [0.1, 0.15) is 32.6 Å². The van der Waals surface area contributed by atoms with Crippen molar-refractivity contribution in [1.82, 2.24) is 0 Å². The van der Waals surface area contributed by atoms with Crippen molar-refractivity contribution in [2.24, 2.45) is 5.92 Å². The van der Waals surface area contributed by atoms with Gasteiger partial charge in [0.25, 0.3) is 0 Å². The fraction of sp³-hybridized carbons (Fsp3) is 0.667. The van der Waals surface area contributed by atoms with Gasteiger partial charge in [0.15, 0.2) is 5.12 Å². The molecule has 1 aliphatic rings. The molecular weight excluding hydrogens is 156 g/mol. The quantitative estimate of drug-likeness (QED) is 0.498. The molecule has 0 saturated heterocycles. The lowest BCUT2D eigenvalue weighted by Gasteiger charge is -2.18. The first-order chi connectivity index (χ1) is 5.24. The Morgan fingerprint density at radius 1 is 1.82 bits per heavy atom. The lowest BCUT2D eigenvalue weighted by atomic mass is 9.89. The fourth-order valence-electron chi connectivity index (χ4n) is 1.49. The summed E-state index contributed by atoms with van der Waals surface area (Å²) in [5, 5.41) is 0.0593. The smallest absolute Gasteiger partial charge is 0.189 e.